The van der Waals surface area contributed by atoms with Gasteiger partial charge in [0.05, 0.1) is 4.90 Å². The Balaban J connectivity index is 2.69. The SMILES string of the molecule is O=C(NCC=P)Nc1ccc(S(=O)(=O)O)cc1. The number of rotatable bonds is 4. The van der Waals surface area contributed by atoms with Crippen molar-refractivity contribution in [3.05, 3.63) is 24.3 Å². The third kappa shape index (κ3) is 4.52. The van der Waals surface area contributed by atoms with Crippen LogP contribution in [0.1, 0.15) is 0 Å². The first kappa shape index (κ1) is 13.6. The van der Waals surface area contributed by atoms with Crippen LogP contribution in [0.2, 0.25) is 0 Å². The minimum Gasteiger partial charge on any atom is -0.334 e. The molecule has 0 saturated heterocycles. The Kier molecular flexibility index (Phi) is 4.62. The summed E-state index contributed by atoms with van der Waals surface area (Å²) in [6.07, 6.45) is 0. The second kappa shape index (κ2) is 5.77. The molecule has 0 heterocycles. The molecule has 0 saturated carbocycles. The molecule has 1 rings (SSSR count). The zero-order valence-corrected chi connectivity index (χ0v) is 10.5. The second-order valence-electron chi connectivity index (χ2n) is 3.04. The van der Waals surface area contributed by atoms with Crippen LogP contribution in [0, 0.1) is 0 Å². The van der Waals surface area contributed by atoms with Crippen LogP contribution in [0.4, 0.5) is 10.5 Å². The monoisotopic (exact) mass is 274 g/mol. The van der Waals surface area contributed by atoms with Gasteiger partial charge in [0.2, 0.25) is 0 Å². The number of nitrogens with one attached hydrogen (secondary N) is 2. The fraction of sp³-hybridized carbons (Fsp3) is 0.111. The van der Waals surface area contributed by atoms with E-state index >= 15 is 0 Å². The van der Waals surface area contributed by atoms with Crippen LogP contribution in [0.5, 0.6) is 0 Å². The van der Waals surface area contributed by atoms with Crippen molar-refractivity contribution in [3.8, 4) is 0 Å². The van der Waals surface area contributed by atoms with Gasteiger partial charge in [-0.3, -0.25) is 4.55 Å². The molecule has 0 aliphatic rings. The average molecular weight is 274 g/mol. The van der Waals surface area contributed by atoms with Gasteiger partial charge in [-0.2, -0.15) is 8.42 Å². The van der Waals surface area contributed by atoms with Crippen molar-refractivity contribution in [2.75, 3.05) is 11.9 Å². The fourth-order valence-electron chi connectivity index (χ4n) is 1.03. The van der Waals surface area contributed by atoms with E-state index in [-0.39, 0.29) is 4.90 Å². The summed E-state index contributed by atoms with van der Waals surface area (Å²) in [4.78, 5) is 11.0. The zero-order valence-electron chi connectivity index (χ0n) is 8.67. The third-order valence-electron chi connectivity index (χ3n) is 1.77. The number of urea groups is 1. The molecule has 2 amide bonds. The lowest BCUT2D eigenvalue weighted by atomic mass is 10.3. The number of carbonyl (C=O) groups excluding carboxylic acids is 1. The lowest BCUT2D eigenvalue weighted by Gasteiger charge is -2.05. The molecule has 92 valence electrons. The molecule has 0 bridgehead atoms. The minimum absolute atomic E-state index is 0.225. The highest BCUT2D eigenvalue weighted by Crippen LogP contribution is 2.13. The van der Waals surface area contributed by atoms with Crippen molar-refractivity contribution in [3.63, 3.8) is 0 Å². The van der Waals surface area contributed by atoms with Crippen molar-refractivity contribution >= 4 is 36.5 Å². The summed E-state index contributed by atoms with van der Waals surface area (Å²) in [5, 5.41) is 4.99. The maximum atomic E-state index is 11.2. The van der Waals surface area contributed by atoms with Gasteiger partial charge in [-0.05, 0) is 30.1 Å². The standard InChI is InChI=1S/C9H11N2O4PS/c12-9(10-5-6-16)11-7-1-3-8(4-2-7)17(13,14)15/h1-4,6,16H,5H2,(H2,10,11,12)(H,13,14,15). The second-order valence-corrected chi connectivity index (χ2v) is 4.87. The summed E-state index contributed by atoms with van der Waals surface area (Å²) in [7, 11) is -1.12. The van der Waals surface area contributed by atoms with E-state index in [0.717, 1.165) is 0 Å². The van der Waals surface area contributed by atoms with Crippen LogP contribution in [-0.2, 0) is 10.1 Å². The van der Waals surface area contributed by atoms with Gasteiger partial charge in [-0.1, -0.05) is 0 Å². The van der Waals surface area contributed by atoms with Gasteiger partial charge in [0.1, 0.15) is 0 Å². The zero-order chi connectivity index (χ0) is 12.9. The number of carbonyl (C=O) groups is 1. The molecule has 0 atom stereocenters. The Morgan fingerprint density at radius 3 is 2.41 bits per heavy atom. The Labute approximate surface area is 101 Å². The Morgan fingerprint density at radius 1 is 1.35 bits per heavy atom. The fourth-order valence-corrected chi connectivity index (χ4v) is 1.61. The van der Waals surface area contributed by atoms with Gasteiger partial charge in [-0.15, -0.1) is 8.86 Å². The smallest absolute Gasteiger partial charge is 0.319 e. The minimum atomic E-state index is -4.20. The predicted molar refractivity (Wildman–Crippen MR) is 67.7 cm³/mol. The molecule has 1 aromatic carbocycles. The first-order chi connectivity index (χ1) is 7.93. The summed E-state index contributed by atoms with van der Waals surface area (Å²) in [5.74, 6) is 1.58. The molecule has 17 heavy (non-hydrogen) atoms. The van der Waals surface area contributed by atoms with E-state index in [1.165, 1.54) is 24.3 Å². The van der Waals surface area contributed by atoms with E-state index in [2.05, 4.69) is 19.5 Å². The van der Waals surface area contributed by atoms with E-state index in [9.17, 15) is 13.2 Å². The molecule has 0 fully saturated rings. The van der Waals surface area contributed by atoms with Crippen LogP contribution in [0.3, 0.4) is 0 Å². The maximum Gasteiger partial charge on any atom is 0.319 e. The molecule has 8 heteroatoms. The highest BCUT2D eigenvalue weighted by molar-refractivity contribution is 7.85. The van der Waals surface area contributed by atoms with E-state index < -0.39 is 16.1 Å². The van der Waals surface area contributed by atoms with Crippen LogP contribution < -0.4 is 10.6 Å². The summed E-state index contributed by atoms with van der Waals surface area (Å²) < 4.78 is 30.2. The molecule has 0 aromatic heterocycles. The van der Waals surface area contributed by atoms with Gasteiger partial charge < -0.3 is 10.6 Å². The Morgan fingerprint density at radius 2 is 1.94 bits per heavy atom. The summed E-state index contributed by atoms with van der Waals surface area (Å²) in [6, 6.07) is 4.72. The van der Waals surface area contributed by atoms with Crippen molar-refractivity contribution in [2.45, 2.75) is 4.90 Å². The van der Waals surface area contributed by atoms with Crippen LogP contribution in [-0.4, -0.2) is 31.3 Å². The van der Waals surface area contributed by atoms with Crippen molar-refractivity contribution in [1.82, 2.24) is 5.32 Å². The molecule has 0 aliphatic heterocycles. The van der Waals surface area contributed by atoms with E-state index in [1.807, 2.05) is 0 Å². The first-order valence-electron chi connectivity index (χ1n) is 4.55. The molecule has 0 spiro atoms. The molecule has 0 radical (unpaired) electrons. The molecule has 6 nitrogen and oxygen atoms in total. The first-order valence-corrected chi connectivity index (χ1v) is 6.56. The van der Waals surface area contributed by atoms with E-state index in [0.29, 0.717) is 12.2 Å². The third-order valence-corrected chi connectivity index (χ3v) is 2.85. The molecular weight excluding hydrogens is 263 g/mol. The molecule has 0 aliphatic carbocycles. The van der Waals surface area contributed by atoms with Gasteiger partial charge in [-0.25, -0.2) is 4.79 Å². The summed E-state index contributed by atoms with van der Waals surface area (Å²) >= 11 is 0. The highest BCUT2D eigenvalue weighted by atomic mass is 32.2. The van der Waals surface area contributed by atoms with Crippen LogP contribution in [0.25, 0.3) is 0 Å². The summed E-state index contributed by atoms with van der Waals surface area (Å²) in [6.45, 7) is 0.353. The topological polar surface area (TPSA) is 95.5 Å². The Hall–Kier alpha value is -1.43. The largest absolute Gasteiger partial charge is 0.334 e. The van der Waals surface area contributed by atoms with Gasteiger partial charge in [0.15, 0.2) is 0 Å². The van der Waals surface area contributed by atoms with Crippen molar-refractivity contribution < 1.29 is 17.8 Å². The highest BCUT2D eigenvalue weighted by Gasteiger charge is 2.08. The molecule has 3 N–H and O–H groups in total. The van der Waals surface area contributed by atoms with Gasteiger partial charge in [0.25, 0.3) is 10.1 Å². The lowest BCUT2D eigenvalue weighted by Crippen LogP contribution is -2.29. The molecule has 1 aromatic rings. The van der Waals surface area contributed by atoms with Crippen molar-refractivity contribution in [2.24, 2.45) is 0 Å². The summed E-state index contributed by atoms with van der Waals surface area (Å²) in [5.41, 5.74) is 0.420. The van der Waals surface area contributed by atoms with Gasteiger partial charge in [0, 0.05) is 12.2 Å². The number of amides is 2. The molecular formula is C9H11N2O4PS. The van der Waals surface area contributed by atoms with E-state index in [1.54, 1.807) is 5.80 Å². The lowest BCUT2D eigenvalue weighted by molar-refractivity contribution is 0.253. The quantitative estimate of drug-likeness (QED) is 0.563. The van der Waals surface area contributed by atoms with Crippen LogP contribution >= 0.6 is 8.86 Å². The number of hydrogen-bond acceptors (Lipinski definition) is 3. The van der Waals surface area contributed by atoms with Gasteiger partial charge >= 0.3 is 6.03 Å². The Bertz CT molecular complexity index is 512. The average Bonchev–Trinajstić information content (AvgIpc) is 2.26. The normalized spacial score (nSPS) is 10.6. The van der Waals surface area contributed by atoms with Crippen LogP contribution in [0.15, 0.2) is 29.2 Å². The number of hydrogen-bond donors (Lipinski definition) is 3. The number of anilines is 1. The predicted octanol–water partition coefficient (Wildman–Crippen LogP) is 1.000. The van der Waals surface area contributed by atoms with E-state index in [4.69, 9.17) is 4.55 Å². The maximum absolute atomic E-state index is 11.2. The molecule has 0 unspecified atom stereocenters. The van der Waals surface area contributed by atoms with Crippen molar-refractivity contribution in [1.29, 1.82) is 0 Å². The number of benzene rings is 1.